The molecule has 1 rings (SSSR count). The third kappa shape index (κ3) is 9.76. The Bertz CT molecular complexity index is 601. The zero-order valence-corrected chi connectivity index (χ0v) is 15.5. The first kappa shape index (κ1) is 21.6. The largest absolute Gasteiger partial charge is 0.466 e. The highest BCUT2D eigenvalue weighted by Crippen LogP contribution is 2.19. The molecule has 0 N–H and O–H groups in total. The fourth-order valence-electron chi connectivity index (χ4n) is 2.53. The quantitative estimate of drug-likeness (QED) is 0.314. The second-order valence-electron chi connectivity index (χ2n) is 6.41. The lowest BCUT2D eigenvalue weighted by Crippen LogP contribution is -2.16. The highest BCUT2D eigenvalue weighted by Gasteiger charge is 2.17. The van der Waals surface area contributed by atoms with Gasteiger partial charge in [0.05, 0.1) is 6.61 Å². The molecule has 0 aromatic rings. The van der Waals surface area contributed by atoms with E-state index >= 15 is 0 Å². The lowest BCUT2D eigenvalue weighted by atomic mass is 9.95. The van der Waals surface area contributed by atoms with Crippen molar-refractivity contribution in [1.29, 1.82) is 0 Å². The van der Waals surface area contributed by atoms with Gasteiger partial charge in [0, 0.05) is 32.3 Å². The van der Waals surface area contributed by atoms with Crippen LogP contribution in [0, 0.1) is 5.92 Å². The van der Waals surface area contributed by atoms with Crippen LogP contribution in [-0.2, 0) is 33.4 Å². The van der Waals surface area contributed by atoms with Crippen molar-refractivity contribution in [2.45, 2.75) is 46.5 Å². The summed E-state index contributed by atoms with van der Waals surface area (Å²) in [5.74, 6) is -1.32. The van der Waals surface area contributed by atoms with Crippen LogP contribution in [0.25, 0.3) is 0 Å². The van der Waals surface area contributed by atoms with Crippen molar-refractivity contribution in [3.63, 3.8) is 0 Å². The van der Waals surface area contributed by atoms with E-state index in [2.05, 4.69) is 0 Å². The first-order valence-electron chi connectivity index (χ1n) is 8.59. The summed E-state index contributed by atoms with van der Waals surface area (Å²) in [6.45, 7) is 4.93. The normalized spacial score (nSPS) is 15.1. The highest BCUT2D eigenvalue weighted by molar-refractivity contribution is 5.90. The molecule has 7 heteroatoms. The number of carbonyl (C=O) groups excluding carboxylic acids is 4. The van der Waals surface area contributed by atoms with Crippen molar-refractivity contribution in [2.75, 3.05) is 19.8 Å². The van der Waals surface area contributed by atoms with Crippen molar-refractivity contribution in [2.24, 2.45) is 5.92 Å². The minimum Gasteiger partial charge on any atom is -0.466 e. The second kappa shape index (κ2) is 11.2. The monoisotopic (exact) mass is 366 g/mol. The molecule has 0 spiro atoms. The summed E-state index contributed by atoms with van der Waals surface area (Å²) in [4.78, 5) is 45.1. The molecule has 0 aromatic carbocycles. The van der Waals surface area contributed by atoms with Gasteiger partial charge in [-0.05, 0) is 43.4 Å². The smallest absolute Gasteiger partial charge is 0.331 e. The van der Waals surface area contributed by atoms with E-state index in [9.17, 15) is 19.2 Å². The van der Waals surface area contributed by atoms with E-state index < -0.39 is 5.97 Å². The summed E-state index contributed by atoms with van der Waals surface area (Å²) in [7, 11) is 0. The molecule has 26 heavy (non-hydrogen) atoms. The molecule has 0 saturated carbocycles. The summed E-state index contributed by atoms with van der Waals surface area (Å²) >= 11 is 0. The van der Waals surface area contributed by atoms with Crippen molar-refractivity contribution >= 4 is 23.7 Å². The lowest BCUT2D eigenvalue weighted by molar-refractivity contribution is -0.143. The maximum Gasteiger partial charge on any atom is 0.331 e. The predicted molar refractivity (Wildman–Crippen MR) is 93.0 cm³/mol. The van der Waals surface area contributed by atoms with Crippen LogP contribution in [0.4, 0.5) is 0 Å². The van der Waals surface area contributed by atoms with E-state index in [1.165, 1.54) is 26.0 Å². The van der Waals surface area contributed by atoms with Gasteiger partial charge in [-0.2, -0.15) is 0 Å². The Morgan fingerprint density at radius 1 is 1.19 bits per heavy atom. The van der Waals surface area contributed by atoms with Gasteiger partial charge in [0.25, 0.3) is 0 Å². The summed E-state index contributed by atoms with van der Waals surface area (Å²) in [6, 6.07) is 0. The van der Waals surface area contributed by atoms with E-state index in [1.54, 1.807) is 6.92 Å². The van der Waals surface area contributed by atoms with Gasteiger partial charge in [-0.3, -0.25) is 14.4 Å². The Morgan fingerprint density at radius 2 is 1.88 bits per heavy atom. The Hall–Kier alpha value is -2.44. The summed E-state index contributed by atoms with van der Waals surface area (Å²) < 4.78 is 14.7. The molecule has 0 bridgehead atoms. The minimum atomic E-state index is -0.401. The third-order valence-corrected chi connectivity index (χ3v) is 3.75. The van der Waals surface area contributed by atoms with E-state index in [-0.39, 0.29) is 43.3 Å². The van der Waals surface area contributed by atoms with Gasteiger partial charge in [-0.15, -0.1) is 0 Å². The van der Waals surface area contributed by atoms with Gasteiger partial charge in [0.1, 0.15) is 13.2 Å². The number of rotatable bonds is 11. The fraction of sp³-hybridized carbons (Fsp3) is 0.579. The molecule has 1 aliphatic heterocycles. The van der Waals surface area contributed by atoms with Crippen LogP contribution < -0.4 is 0 Å². The van der Waals surface area contributed by atoms with Crippen LogP contribution in [0.1, 0.15) is 46.5 Å². The molecule has 0 saturated heterocycles. The molecule has 1 aliphatic rings. The topological polar surface area (TPSA) is 96.0 Å². The molecule has 0 aromatic heterocycles. The SMILES string of the molecule is CC(=O)OCC(C)=CC(=O)CC(CCCC1=CC(=O)OC1)COC(C)=O. The first-order chi connectivity index (χ1) is 12.3. The van der Waals surface area contributed by atoms with Crippen LogP contribution in [0.5, 0.6) is 0 Å². The summed E-state index contributed by atoms with van der Waals surface area (Å²) in [5, 5.41) is 0. The summed E-state index contributed by atoms with van der Waals surface area (Å²) in [6.07, 6.45) is 5.33. The van der Waals surface area contributed by atoms with Crippen LogP contribution >= 0.6 is 0 Å². The predicted octanol–water partition coefficient (Wildman–Crippen LogP) is 2.29. The van der Waals surface area contributed by atoms with Gasteiger partial charge in [-0.1, -0.05) is 0 Å². The molecule has 7 nitrogen and oxygen atoms in total. The number of carbonyl (C=O) groups is 4. The molecule has 144 valence electrons. The highest BCUT2D eigenvalue weighted by atomic mass is 16.5. The Morgan fingerprint density at radius 3 is 2.46 bits per heavy atom. The van der Waals surface area contributed by atoms with Crippen LogP contribution in [0.3, 0.4) is 0 Å². The van der Waals surface area contributed by atoms with E-state index in [4.69, 9.17) is 14.2 Å². The second-order valence-corrected chi connectivity index (χ2v) is 6.41. The molecular weight excluding hydrogens is 340 g/mol. The van der Waals surface area contributed by atoms with Crippen LogP contribution in [-0.4, -0.2) is 43.5 Å². The average Bonchev–Trinajstić information content (AvgIpc) is 2.95. The van der Waals surface area contributed by atoms with Crippen molar-refractivity contribution < 1.29 is 33.4 Å². The maximum atomic E-state index is 12.2. The van der Waals surface area contributed by atoms with Crippen molar-refractivity contribution in [3.05, 3.63) is 23.3 Å². The van der Waals surface area contributed by atoms with Crippen molar-refractivity contribution in [1.82, 2.24) is 0 Å². The number of hydrogen-bond acceptors (Lipinski definition) is 7. The van der Waals surface area contributed by atoms with Gasteiger partial charge in [0.15, 0.2) is 5.78 Å². The standard InChI is InChI=1S/C19H26O7/c1-13(10-24-14(2)20)7-18(22)8-16(11-25-15(3)21)5-4-6-17-9-19(23)26-12-17/h7,9,16H,4-6,8,10-12H2,1-3H3. The van der Waals surface area contributed by atoms with Crippen LogP contribution in [0.2, 0.25) is 0 Å². The molecule has 1 atom stereocenters. The van der Waals surface area contributed by atoms with Crippen molar-refractivity contribution in [3.8, 4) is 0 Å². The number of allylic oxidation sites excluding steroid dienone is 1. The third-order valence-electron chi connectivity index (χ3n) is 3.75. The number of hydrogen-bond donors (Lipinski definition) is 0. The Kier molecular flexibility index (Phi) is 9.33. The Labute approximate surface area is 153 Å². The molecule has 0 aliphatic carbocycles. The zero-order chi connectivity index (χ0) is 19.5. The molecular formula is C19H26O7. The Balaban J connectivity index is 2.50. The molecule has 0 fully saturated rings. The van der Waals surface area contributed by atoms with E-state index in [0.717, 1.165) is 12.0 Å². The maximum absolute atomic E-state index is 12.2. The van der Waals surface area contributed by atoms with Gasteiger partial charge in [-0.25, -0.2) is 4.79 Å². The van der Waals surface area contributed by atoms with Gasteiger partial charge < -0.3 is 14.2 Å². The van der Waals surface area contributed by atoms with E-state index in [1.807, 2.05) is 0 Å². The van der Waals surface area contributed by atoms with Gasteiger partial charge >= 0.3 is 17.9 Å². The number of ether oxygens (including phenoxy) is 3. The van der Waals surface area contributed by atoms with E-state index in [0.29, 0.717) is 25.0 Å². The molecule has 0 radical (unpaired) electrons. The minimum absolute atomic E-state index is 0.0812. The summed E-state index contributed by atoms with van der Waals surface area (Å²) in [5.41, 5.74) is 1.59. The molecule has 0 amide bonds. The fourth-order valence-corrected chi connectivity index (χ4v) is 2.53. The number of esters is 3. The molecule has 1 heterocycles. The molecule has 1 unspecified atom stereocenters. The van der Waals surface area contributed by atoms with Crippen LogP contribution in [0.15, 0.2) is 23.3 Å². The zero-order valence-electron chi connectivity index (χ0n) is 15.5. The number of cyclic esters (lactones) is 1. The number of ketones is 1. The lowest BCUT2D eigenvalue weighted by Gasteiger charge is -2.15. The van der Waals surface area contributed by atoms with Gasteiger partial charge in [0.2, 0.25) is 0 Å². The first-order valence-corrected chi connectivity index (χ1v) is 8.59. The average molecular weight is 366 g/mol.